The van der Waals surface area contributed by atoms with Crippen LogP contribution in [0.5, 0.6) is 0 Å². The third kappa shape index (κ3) is 5.89. The van der Waals surface area contributed by atoms with Crippen LogP contribution in [0.15, 0.2) is 18.2 Å². The van der Waals surface area contributed by atoms with Crippen molar-refractivity contribution in [2.24, 2.45) is 0 Å². The van der Waals surface area contributed by atoms with E-state index in [1.807, 2.05) is 0 Å². The van der Waals surface area contributed by atoms with E-state index in [0.717, 1.165) is 31.6 Å². The van der Waals surface area contributed by atoms with Gasteiger partial charge in [0.25, 0.3) is 0 Å². The molecule has 0 saturated carbocycles. The number of benzene rings is 1. The maximum absolute atomic E-state index is 14.5. The largest absolute Gasteiger partial charge is 0.480 e. The maximum Gasteiger partial charge on any atom is 0.408 e. The number of piperidine rings is 1. The molecule has 1 atom stereocenters. The van der Waals surface area contributed by atoms with Crippen LogP contribution < -0.4 is 10.2 Å². The number of aliphatic carboxylic acids is 1. The van der Waals surface area contributed by atoms with Crippen LogP contribution in [0.4, 0.5) is 14.9 Å². The van der Waals surface area contributed by atoms with E-state index >= 15 is 0 Å². The predicted octanol–water partition coefficient (Wildman–Crippen LogP) is 3.34. The summed E-state index contributed by atoms with van der Waals surface area (Å²) in [5, 5.41) is 11.6. The first kappa shape index (κ1) is 20.0. The van der Waals surface area contributed by atoms with E-state index in [9.17, 15) is 19.1 Å². The summed E-state index contributed by atoms with van der Waals surface area (Å²) in [7, 11) is 0. The van der Waals surface area contributed by atoms with E-state index in [1.165, 1.54) is 12.5 Å². The van der Waals surface area contributed by atoms with Gasteiger partial charge in [0.15, 0.2) is 0 Å². The highest BCUT2D eigenvalue weighted by atomic mass is 19.1. The Kier molecular flexibility index (Phi) is 6.45. The van der Waals surface area contributed by atoms with Gasteiger partial charge in [0, 0.05) is 25.2 Å². The van der Waals surface area contributed by atoms with Crippen LogP contribution in [0.25, 0.3) is 0 Å². The van der Waals surface area contributed by atoms with Gasteiger partial charge in [0.1, 0.15) is 17.5 Å². The van der Waals surface area contributed by atoms with Crippen molar-refractivity contribution < 1.29 is 23.8 Å². The lowest BCUT2D eigenvalue weighted by atomic mass is 10.0. The van der Waals surface area contributed by atoms with Crippen LogP contribution in [0.3, 0.4) is 0 Å². The fourth-order valence-electron chi connectivity index (χ4n) is 2.92. The van der Waals surface area contributed by atoms with Crippen molar-refractivity contribution in [2.45, 2.75) is 58.1 Å². The molecule has 1 aliphatic heterocycles. The van der Waals surface area contributed by atoms with E-state index in [2.05, 4.69) is 10.2 Å². The summed E-state index contributed by atoms with van der Waals surface area (Å²) in [6.07, 6.45) is 2.37. The number of carboxylic acid groups (broad SMARTS) is 1. The van der Waals surface area contributed by atoms with Gasteiger partial charge in [-0.3, -0.25) is 0 Å². The summed E-state index contributed by atoms with van der Waals surface area (Å²) >= 11 is 0. The fraction of sp³-hybridized carbons (Fsp3) is 0.579. The van der Waals surface area contributed by atoms with Crippen LogP contribution in [-0.4, -0.2) is 41.9 Å². The summed E-state index contributed by atoms with van der Waals surface area (Å²) in [6, 6.07) is 3.56. The third-order valence-corrected chi connectivity index (χ3v) is 4.17. The van der Waals surface area contributed by atoms with Crippen LogP contribution >= 0.6 is 0 Å². The first-order valence-corrected chi connectivity index (χ1v) is 8.91. The number of halogens is 1. The Bertz CT molecular complexity index is 651. The van der Waals surface area contributed by atoms with Gasteiger partial charge in [-0.1, -0.05) is 6.07 Å². The summed E-state index contributed by atoms with van der Waals surface area (Å²) in [5.41, 5.74) is 0.307. The predicted molar refractivity (Wildman–Crippen MR) is 97.0 cm³/mol. The third-order valence-electron chi connectivity index (χ3n) is 4.17. The highest BCUT2D eigenvalue weighted by molar-refractivity contribution is 5.80. The Morgan fingerprint density at radius 2 is 1.92 bits per heavy atom. The minimum absolute atomic E-state index is 0.152. The average molecular weight is 366 g/mol. The summed E-state index contributed by atoms with van der Waals surface area (Å²) < 4.78 is 19.5. The zero-order chi connectivity index (χ0) is 19.3. The SMILES string of the molecule is CC(C)(C)OC(=O)NC(Cc1ccc(N2CCCCC2)cc1F)C(=O)O. The van der Waals surface area contributed by atoms with Crippen LogP contribution in [0, 0.1) is 5.82 Å². The van der Waals surface area contributed by atoms with Gasteiger partial charge >= 0.3 is 12.1 Å². The molecule has 7 heteroatoms. The topological polar surface area (TPSA) is 78.9 Å². The van der Waals surface area contributed by atoms with E-state index < -0.39 is 29.5 Å². The van der Waals surface area contributed by atoms with Gasteiger partial charge in [-0.15, -0.1) is 0 Å². The number of hydrogen-bond donors (Lipinski definition) is 2. The number of nitrogens with zero attached hydrogens (tertiary/aromatic N) is 1. The molecular formula is C19H27FN2O4. The van der Waals surface area contributed by atoms with Crippen molar-refractivity contribution in [3.05, 3.63) is 29.6 Å². The molecule has 1 fully saturated rings. The van der Waals surface area contributed by atoms with Crippen molar-refractivity contribution in [1.29, 1.82) is 0 Å². The maximum atomic E-state index is 14.5. The van der Waals surface area contributed by atoms with Crippen LogP contribution in [0.1, 0.15) is 45.6 Å². The average Bonchev–Trinajstić information content (AvgIpc) is 2.54. The fourth-order valence-corrected chi connectivity index (χ4v) is 2.92. The lowest BCUT2D eigenvalue weighted by molar-refractivity contribution is -0.139. The Labute approximate surface area is 153 Å². The molecule has 1 unspecified atom stereocenters. The second-order valence-corrected chi connectivity index (χ2v) is 7.56. The molecule has 1 aromatic carbocycles. The molecular weight excluding hydrogens is 339 g/mol. The lowest BCUT2D eigenvalue weighted by Gasteiger charge is -2.29. The highest BCUT2D eigenvalue weighted by Gasteiger charge is 2.25. The summed E-state index contributed by atoms with van der Waals surface area (Å²) in [6.45, 7) is 6.84. The van der Waals surface area contributed by atoms with Gasteiger partial charge in [-0.2, -0.15) is 0 Å². The number of hydrogen-bond acceptors (Lipinski definition) is 4. The summed E-state index contributed by atoms with van der Waals surface area (Å²) in [5.74, 6) is -1.71. The minimum atomic E-state index is -1.26. The van der Waals surface area contributed by atoms with Gasteiger partial charge in [0.05, 0.1) is 0 Å². The zero-order valence-electron chi connectivity index (χ0n) is 15.5. The lowest BCUT2D eigenvalue weighted by Crippen LogP contribution is -2.44. The van der Waals surface area contributed by atoms with E-state index in [1.54, 1.807) is 32.9 Å². The molecule has 0 aliphatic carbocycles. The molecule has 0 spiro atoms. The molecule has 1 aromatic rings. The number of carboxylic acids is 1. The minimum Gasteiger partial charge on any atom is -0.480 e. The van der Waals surface area contributed by atoms with Gasteiger partial charge in [-0.05, 0) is 57.7 Å². The standard InChI is InChI=1S/C19H27FN2O4/c1-19(2,3)26-18(25)21-16(17(23)24)11-13-7-8-14(12-15(13)20)22-9-5-4-6-10-22/h7-8,12,16H,4-6,9-11H2,1-3H3,(H,21,25)(H,23,24). The van der Waals surface area contributed by atoms with E-state index in [4.69, 9.17) is 4.74 Å². The number of carbonyl (C=O) groups excluding carboxylic acids is 1. The zero-order valence-corrected chi connectivity index (χ0v) is 15.5. The molecule has 2 N–H and O–H groups in total. The molecule has 1 heterocycles. The summed E-state index contributed by atoms with van der Waals surface area (Å²) in [4.78, 5) is 25.4. The molecule has 2 rings (SSSR count). The van der Waals surface area contributed by atoms with Gasteiger partial charge in [-0.25, -0.2) is 14.0 Å². The highest BCUT2D eigenvalue weighted by Crippen LogP contribution is 2.23. The number of anilines is 1. The second kappa shape index (κ2) is 8.38. The second-order valence-electron chi connectivity index (χ2n) is 7.56. The molecule has 26 heavy (non-hydrogen) atoms. The smallest absolute Gasteiger partial charge is 0.408 e. The Hall–Kier alpha value is -2.31. The monoisotopic (exact) mass is 366 g/mol. The number of ether oxygens (including phenoxy) is 1. The molecule has 0 aromatic heterocycles. The number of alkyl carbamates (subject to hydrolysis) is 1. The van der Waals surface area contributed by atoms with Crippen LogP contribution in [0.2, 0.25) is 0 Å². The molecule has 0 bridgehead atoms. The normalized spacial score (nSPS) is 16.1. The Morgan fingerprint density at radius 1 is 1.27 bits per heavy atom. The molecule has 0 radical (unpaired) electrons. The first-order chi connectivity index (χ1) is 12.2. The first-order valence-electron chi connectivity index (χ1n) is 8.91. The number of carbonyl (C=O) groups is 2. The van der Waals surface area contributed by atoms with Crippen molar-refractivity contribution in [3.63, 3.8) is 0 Å². The number of rotatable bonds is 5. The van der Waals surface area contributed by atoms with Crippen molar-refractivity contribution in [2.75, 3.05) is 18.0 Å². The van der Waals surface area contributed by atoms with E-state index in [0.29, 0.717) is 0 Å². The molecule has 144 valence electrons. The van der Waals surface area contributed by atoms with Gasteiger partial charge in [0.2, 0.25) is 0 Å². The quantitative estimate of drug-likeness (QED) is 0.836. The molecule has 1 saturated heterocycles. The van der Waals surface area contributed by atoms with Crippen molar-refractivity contribution in [3.8, 4) is 0 Å². The molecule has 1 aliphatic rings. The van der Waals surface area contributed by atoms with Crippen molar-refractivity contribution >= 4 is 17.7 Å². The van der Waals surface area contributed by atoms with E-state index in [-0.39, 0.29) is 12.0 Å². The number of nitrogens with one attached hydrogen (secondary N) is 1. The molecule has 6 nitrogen and oxygen atoms in total. The number of amides is 1. The van der Waals surface area contributed by atoms with Crippen LogP contribution in [-0.2, 0) is 16.0 Å². The van der Waals surface area contributed by atoms with Crippen molar-refractivity contribution in [1.82, 2.24) is 5.32 Å². The molecule has 1 amide bonds. The van der Waals surface area contributed by atoms with Gasteiger partial charge < -0.3 is 20.1 Å². The Balaban J connectivity index is 2.06. The Morgan fingerprint density at radius 3 is 2.46 bits per heavy atom.